The van der Waals surface area contributed by atoms with Crippen LogP contribution >= 0.6 is 11.8 Å². The number of carboxylic acid groups (broad SMARTS) is 1. The van der Waals surface area contributed by atoms with Gasteiger partial charge in [0, 0.05) is 6.04 Å². The third kappa shape index (κ3) is 42.4. The Morgan fingerprint density at radius 2 is 1.93 bits per heavy atom. The van der Waals surface area contributed by atoms with Crippen molar-refractivity contribution < 1.29 is 14.7 Å². The van der Waals surface area contributed by atoms with Crippen molar-refractivity contribution in [3.63, 3.8) is 0 Å². The maximum atomic E-state index is 10.4. The standard InChI is InChI=1S/C7H15NOS.C2H6.CH2O2/c1-6(8)3-4-10-5-7(2)9;1-2;2-1-3/h6H,3-5,8H2,1-2H3;1-2H3;1H,(H,2,3). The van der Waals surface area contributed by atoms with Crippen LogP contribution in [0.4, 0.5) is 0 Å². The van der Waals surface area contributed by atoms with Crippen LogP contribution in [-0.2, 0) is 9.59 Å². The highest BCUT2D eigenvalue weighted by atomic mass is 32.2. The molecule has 0 aromatic heterocycles. The number of rotatable bonds is 5. The molecule has 0 aliphatic rings. The Labute approximate surface area is 96.6 Å². The van der Waals surface area contributed by atoms with Crippen LogP contribution in [0.15, 0.2) is 0 Å². The number of carbonyl (C=O) groups is 2. The van der Waals surface area contributed by atoms with Crippen LogP contribution < -0.4 is 5.73 Å². The summed E-state index contributed by atoms with van der Waals surface area (Å²) in [6.07, 6.45) is 0.998. The van der Waals surface area contributed by atoms with E-state index >= 15 is 0 Å². The van der Waals surface area contributed by atoms with Crippen molar-refractivity contribution in [2.24, 2.45) is 5.73 Å². The molecule has 0 aliphatic carbocycles. The topological polar surface area (TPSA) is 80.4 Å². The van der Waals surface area contributed by atoms with E-state index in [1.807, 2.05) is 20.8 Å². The van der Waals surface area contributed by atoms with Gasteiger partial charge in [-0.1, -0.05) is 13.8 Å². The van der Waals surface area contributed by atoms with E-state index in [1.54, 1.807) is 18.7 Å². The van der Waals surface area contributed by atoms with Crippen LogP contribution in [0.5, 0.6) is 0 Å². The van der Waals surface area contributed by atoms with Crippen LogP contribution in [0, 0.1) is 0 Å². The van der Waals surface area contributed by atoms with Gasteiger partial charge in [-0.25, -0.2) is 0 Å². The van der Waals surface area contributed by atoms with Gasteiger partial charge in [0.05, 0.1) is 5.75 Å². The SMILES string of the molecule is CC.CC(=O)CSCCC(C)N.O=CO. The van der Waals surface area contributed by atoms with Crippen molar-refractivity contribution in [1.29, 1.82) is 0 Å². The zero-order valence-electron chi connectivity index (χ0n) is 10.0. The number of hydrogen-bond acceptors (Lipinski definition) is 4. The minimum absolute atomic E-state index is 0.245. The van der Waals surface area contributed by atoms with Crippen LogP contribution in [0.2, 0.25) is 0 Å². The van der Waals surface area contributed by atoms with Gasteiger partial charge in [-0.2, -0.15) is 11.8 Å². The molecule has 4 nitrogen and oxygen atoms in total. The first-order valence-electron chi connectivity index (χ1n) is 4.95. The molecule has 0 heterocycles. The maximum Gasteiger partial charge on any atom is 0.290 e. The molecule has 15 heavy (non-hydrogen) atoms. The molecule has 1 atom stereocenters. The predicted octanol–water partition coefficient (Wildman–Crippen LogP) is 1.77. The summed E-state index contributed by atoms with van der Waals surface area (Å²) in [4.78, 5) is 18.8. The number of carbonyl (C=O) groups excluding carboxylic acids is 1. The minimum Gasteiger partial charge on any atom is -0.483 e. The molecule has 0 saturated heterocycles. The second-order valence-electron chi connectivity index (χ2n) is 2.63. The van der Waals surface area contributed by atoms with E-state index < -0.39 is 0 Å². The Balaban J connectivity index is -0.000000245. The molecule has 0 aromatic carbocycles. The lowest BCUT2D eigenvalue weighted by atomic mass is 10.3. The molecule has 0 radical (unpaired) electrons. The van der Waals surface area contributed by atoms with E-state index in [9.17, 15) is 4.79 Å². The second kappa shape index (κ2) is 19.1. The predicted molar refractivity (Wildman–Crippen MR) is 66.3 cm³/mol. The molecule has 1 unspecified atom stereocenters. The summed E-state index contributed by atoms with van der Waals surface area (Å²) >= 11 is 1.66. The summed E-state index contributed by atoms with van der Waals surface area (Å²) in [5.41, 5.74) is 5.51. The number of Topliss-reactive ketones (excluding diaryl/α,β-unsaturated/α-hetero) is 1. The first-order valence-corrected chi connectivity index (χ1v) is 6.10. The molecule has 5 heteroatoms. The van der Waals surface area contributed by atoms with Gasteiger partial charge in [0.15, 0.2) is 0 Å². The highest BCUT2D eigenvalue weighted by Gasteiger charge is 1.95. The van der Waals surface area contributed by atoms with Crippen molar-refractivity contribution >= 4 is 24.0 Å². The van der Waals surface area contributed by atoms with Crippen molar-refractivity contribution in [2.45, 2.75) is 40.2 Å². The van der Waals surface area contributed by atoms with E-state index in [-0.39, 0.29) is 18.3 Å². The molecule has 92 valence electrons. The molecule has 0 bridgehead atoms. The summed E-state index contributed by atoms with van der Waals surface area (Å²) in [5, 5.41) is 6.89. The largest absolute Gasteiger partial charge is 0.483 e. The highest BCUT2D eigenvalue weighted by Crippen LogP contribution is 2.03. The van der Waals surface area contributed by atoms with Crippen LogP contribution in [0.3, 0.4) is 0 Å². The van der Waals surface area contributed by atoms with Crippen LogP contribution in [-0.4, -0.2) is 34.9 Å². The van der Waals surface area contributed by atoms with Crippen LogP contribution in [0.1, 0.15) is 34.1 Å². The molecule has 0 fully saturated rings. The summed E-state index contributed by atoms with van der Waals surface area (Å²) in [7, 11) is 0. The molecule has 0 aliphatic heterocycles. The van der Waals surface area contributed by atoms with E-state index in [4.69, 9.17) is 15.6 Å². The van der Waals surface area contributed by atoms with Crippen molar-refractivity contribution in [1.82, 2.24) is 0 Å². The monoisotopic (exact) mass is 237 g/mol. The van der Waals surface area contributed by atoms with Gasteiger partial charge >= 0.3 is 0 Å². The fourth-order valence-electron chi connectivity index (χ4n) is 0.485. The van der Waals surface area contributed by atoms with Gasteiger partial charge in [0.25, 0.3) is 6.47 Å². The normalized spacial score (nSPS) is 9.93. The summed E-state index contributed by atoms with van der Waals surface area (Å²) < 4.78 is 0. The van der Waals surface area contributed by atoms with Crippen molar-refractivity contribution in [3.05, 3.63) is 0 Å². The molecule has 3 N–H and O–H groups in total. The highest BCUT2D eigenvalue weighted by molar-refractivity contribution is 7.99. The maximum absolute atomic E-state index is 10.4. The smallest absolute Gasteiger partial charge is 0.290 e. The van der Waals surface area contributed by atoms with E-state index in [0.717, 1.165) is 12.2 Å². The van der Waals surface area contributed by atoms with E-state index in [0.29, 0.717) is 5.75 Å². The minimum atomic E-state index is -0.250. The van der Waals surface area contributed by atoms with Gasteiger partial charge in [-0.3, -0.25) is 9.59 Å². The third-order valence-electron chi connectivity index (χ3n) is 1.02. The van der Waals surface area contributed by atoms with Gasteiger partial charge < -0.3 is 10.8 Å². The molecular formula is C10H23NO3S. The number of thioether (sulfide) groups is 1. The summed E-state index contributed by atoms with van der Waals surface area (Å²) in [6, 6.07) is 0.263. The molecule has 0 spiro atoms. The van der Waals surface area contributed by atoms with Gasteiger partial charge in [-0.15, -0.1) is 0 Å². The molecular weight excluding hydrogens is 214 g/mol. The quantitative estimate of drug-likeness (QED) is 0.562. The zero-order chi connectivity index (χ0) is 12.7. The average molecular weight is 237 g/mol. The molecule has 0 saturated carbocycles. The number of ketones is 1. The van der Waals surface area contributed by atoms with Gasteiger partial charge in [-0.05, 0) is 26.0 Å². The molecule has 0 aromatic rings. The first kappa shape index (κ1) is 19.9. The second-order valence-corrected chi connectivity index (χ2v) is 3.73. The average Bonchev–Trinajstić information content (AvgIpc) is 2.16. The van der Waals surface area contributed by atoms with E-state index in [2.05, 4.69) is 0 Å². The number of hydrogen-bond donors (Lipinski definition) is 2. The lowest BCUT2D eigenvalue weighted by molar-refractivity contribution is -0.123. The Morgan fingerprint density at radius 1 is 1.53 bits per heavy atom. The Morgan fingerprint density at radius 3 is 2.20 bits per heavy atom. The molecule has 0 rings (SSSR count). The molecule has 0 amide bonds. The van der Waals surface area contributed by atoms with Crippen LogP contribution in [0.25, 0.3) is 0 Å². The third-order valence-corrected chi connectivity index (χ3v) is 2.16. The lowest BCUT2D eigenvalue weighted by Gasteiger charge is -2.02. The van der Waals surface area contributed by atoms with Gasteiger partial charge in [0.1, 0.15) is 5.78 Å². The lowest BCUT2D eigenvalue weighted by Crippen LogP contribution is -2.15. The van der Waals surface area contributed by atoms with E-state index in [1.165, 1.54) is 0 Å². The van der Waals surface area contributed by atoms with Crippen molar-refractivity contribution in [2.75, 3.05) is 11.5 Å². The van der Waals surface area contributed by atoms with Crippen molar-refractivity contribution in [3.8, 4) is 0 Å². The summed E-state index contributed by atoms with van der Waals surface area (Å²) in [6.45, 7) is 7.34. The Hall–Kier alpha value is -0.550. The first-order chi connectivity index (χ1) is 7.04. The fraction of sp³-hybridized carbons (Fsp3) is 0.800. The zero-order valence-corrected chi connectivity index (χ0v) is 10.8. The Bertz CT molecular complexity index is 141. The number of nitrogens with two attached hydrogens (primary N) is 1. The summed E-state index contributed by atoms with van der Waals surface area (Å²) in [5.74, 6) is 1.87. The van der Waals surface area contributed by atoms with Gasteiger partial charge in [0.2, 0.25) is 0 Å². The fourth-order valence-corrected chi connectivity index (χ4v) is 1.46. The Kier molecular flexibility index (Phi) is 25.4.